The minimum Gasteiger partial charge on any atom is -0.304 e. The van der Waals surface area contributed by atoms with Gasteiger partial charge in [0.2, 0.25) is 0 Å². The standard InChI is InChI=1S/C16H11F3N4OS2/c1-25-13-6-9(2-3-10(13)16(17,18)19)11-4-5-14(23-22-11)21-15(24)12-7-26-8-20-12/h2-8H,1H3,(H,21,23,24). The first kappa shape index (κ1) is 18.3. The highest BCUT2D eigenvalue weighted by Gasteiger charge is 2.33. The van der Waals surface area contributed by atoms with Crippen LogP contribution in [0.5, 0.6) is 0 Å². The minimum absolute atomic E-state index is 0.109. The van der Waals surface area contributed by atoms with Gasteiger partial charge in [-0.25, -0.2) is 4.98 Å². The van der Waals surface area contributed by atoms with E-state index in [1.165, 1.54) is 35.0 Å². The molecule has 0 saturated carbocycles. The van der Waals surface area contributed by atoms with Crippen LogP contribution in [-0.4, -0.2) is 27.3 Å². The maximum absolute atomic E-state index is 13.0. The number of alkyl halides is 3. The van der Waals surface area contributed by atoms with Gasteiger partial charge in [-0.2, -0.15) is 13.2 Å². The lowest BCUT2D eigenvalue weighted by Crippen LogP contribution is -2.13. The third-order valence-corrected chi connectivity index (χ3v) is 4.74. The number of nitrogens with one attached hydrogen (secondary N) is 1. The highest BCUT2D eigenvalue weighted by Crippen LogP contribution is 2.37. The van der Waals surface area contributed by atoms with Crippen molar-refractivity contribution in [3.8, 4) is 11.3 Å². The molecule has 0 fully saturated rings. The van der Waals surface area contributed by atoms with E-state index in [4.69, 9.17) is 0 Å². The van der Waals surface area contributed by atoms with Gasteiger partial charge in [0, 0.05) is 15.8 Å². The lowest BCUT2D eigenvalue weighted by atomic mass is 10.1. The predicted molar refractivity (Wildman–Crippen MR) is 94.3 cm³/mol. The molecule has 0 radical (unpaired) electrons. The zero-order valence-corrected chi connectivity index (χ0v) is 14.9. The first-order valence-corrected chi connectivity index (χ1v) is 9.34. The van der Waals surface area contributed by atoms with Crippen molar-refractivity contribution < 1.29 is 18.0 Å². The Bertz CT molecular complexity index is 912. The summed E-state index contributed by atoms with van der Waals surface area (Å²) in [5.41, 5.74) is 2.03. The topological polar surface area (TPSA) is 67.8 Å². The fourth-order valence-electron chi connectivity index (χ4n) is 2.14. The summed E-state index contributed by atoms with van der Waals surface area (Å²) in [4.78, 5) is 15.9. The molecule has 0 aliphatic rings. The highest BCUT2D eigenvalue weighted by atomic mass is 32.2. The monoisotopic (exact) mass is 396 g/mol. The summed E-state index contributed by atoms with van der Waals surface area (Å²) in [6, 6.07) is 6.91. The van der Waals surface area contributed by atoms with E-state index >= 15 is 0 Å². The van der Waals surface area contributed by atoms with Crippen molar-refractivity contribution in [2.75, 3.05) is 11.6 Å². The maximum atomic E-state index is 13.0. The van der Waals surface area contributed by atoms with Crippen LogP contribution < -0.4 is 5.32 Å². The number of aromatic nitrogens is 3. The molecule has 0 bridgehead atoms. The molecule has 1 N–H and O–H groups in total. The Labute approximate surface area is 154 Å². The molecule has 134 valence electrons. The van der Waals surface area contributed by atoms with Crippen molar-refractivity contribution in [1.82, 2.24) is 15.2 Å². The summed E-state index contributed by atoms with van der Waals surface area (Å²) in [6.07, 6.45) is -2.83. The lowest BCUT2D eigenvalue weighted by molar-refractivity contribution is -0.139. The number of anilines is 1. The van der Waals surface area contributed by atoms with Crippen LogP contribution in [0.2, 0.25) is 0 Å². The molecule has 1 amide bonds. The number of rotatable bonds is 4. The Morgan fingerprint density at radius 2 is 2.00 bits per heavy atom. The highest BCUT2D eigenvalue weighted by molar-refractivity contribution is 7.98. The van der Waals surface area contributed by atoms with Gasteiger partial charge in [0.05, 0.1) is 16.8 Å². The van der Waals surface area contributed by atoms with Gasteiger partial charge in [-0.1, -0.05) is 6.07 Å². The lowest BCUT2D eigenvalue weighted by Gasteiger charge is -2.12. The van der Waals surface area contributed by atoms with E-state index in [0.29, 0.717) is 11.3 Å². The van der Waals surface area contributed by atoms with Gasteiger partial charge < -0.3 is 5.32 Å². The zero-order chi connectivity index (χ0) is 18.7. The molecule has 0 aliphatic heterocycles. The Morgan fingerprint density at radius 1 is 1.19 bits per heavy atom. The van der Waals surface area contributed by atoms with Crippen LogP contribution in [0.4, 0.5) is 19.0 Å². The Morgan fingerprint density at radius 3 is 2.58 bits per heavy atom. The van der Waals surface area contributed by atoms with E-state index in [-0.39, 0.29) is 16.4 Å². The van der Waals surface area contributed by atoms with E-state index in [0.717, 1.165) is 17.8 Å². The number of hydrogen-bond acceptors (Lipinski definition) is 6. The van der Waals surface area contributed by atoms with Crippen molar-refractivity contribution in [1.29, 1.82) is 0 Å². The molecular weight excluding hydrogens is 385 g/mol. The number of amides is 1. The fraction of sp³-hybridized carbons (Fsp3) is 0.125. The second-order valence-corrected chi connectivity index (χ2v) is 6.61. The first-order valence-electron chi connectivity index (χ1n) is 7.17. The van der Waals surface area contributed by atoms with Gasteiger partial charge in [-0.3, -0.25) is 4.79 Å². The second kappa shape index (κ2) is 7.42. The molecule has 1 aromatic carbocycles. The normalized spacial score (nSPS) is 11.4. The molecule has 0 unspecified atom stereocenters. The van der Waals surface area contributed by atoms with Crippen LogP contribution in [-0.2, 0) is 6.18 Å². The SMILES string of the molecule is CSc1cc(-c2ccc(NC(=O)c3cscn3)nn2)ccc1C(F)(F)F. The predicted octanol–water partition coefficient (Wildman–Crippen LogP) is 4.59. The van der Waals surface area contributed by atoms with Crippen molar-refractivity contribution in [2.24, 2.45) is 0 Å². The van der Waals surface area contributed by atoms with Crippen molar-refractivity contribution in [3.05, 3.63) is 52.5 Å². The molecule has 26 heavy (non-hydrogen) atoms. The summed E-state index contributed by atoms with van der Waals surface area (Å²) in [6.45, 7) is 0. The van der Waals surface area contributed by atoms with Gasteiger partial charge in [0.15, 0.2) is 5.82 Å². The number of benzene rings is 1. The average Bonchev–Trinajstić information content (AvgIpc) is 3.16. The third-order valence-electron chi connectivity index (χ3n) is 3.37. The Balaban J connectivity index is 1.81. The van der Waals surface area contributed by atoms with E-state index < -0.39 is 17.6 Å². The number of hydrogen-bond donors (Lipinski definition) is 1. The number of halogens is 3. The summed E-state index contributed by atoms with van der Waals surface area (Å²) in [5.74, 6) is -0.184. The van der Waals surface area contributed by atoms with E-state index in [2.05, 4.69) is 20.5 Å². The third kappa shape index (κ3) is 4.02. The van der Waals surface area contributed by atoms with Crippen LogP contribution in [0.15, 0.2) is 46.1 Å². The molecule has 5 nitrogen and oxygen atoms in total. The summed E-state index contributed by atoms with van der Waals surface area (Å²) >= 11 is 2.30. The molecule has 0 atom stereocenters. The summed E-state index contributed by atoms with van der Waals surface area (Å²) < 4.78 is 38.9. The largest absolute Gasteiger partial charge is 0.417 e. The smallest absolute Gasteiger partial charge is 0.304 e. The molecule has 0 spiro atoms. The number of carbonyl (C=O) groups is 1. The molecule has 0 aliphatic carbocycles. The van der Waals surface area contributed by atoms with Gasteiger partial charge in [-0.05, 0) is 30.5 Å². The molecular formula is C16H11F3N4OS2. The van der Waals surface area contributed by atoms with Gasteiger partial charge >= 0.3 is 6.18 Å². The van der Waals surface area contributed by atoms with Crippen LogP contribution in [0.25, 0.3) is 11.3 Å². The number of carbonyl (C=O) groups excluding carboxylic acids is 1. The van der Waals surface area contributed by atoms with Crippen LogP contribution in [0, 0.1) is 0 Å². The van der Waals surface area contributed by atoms with Crippen LogP contribution in [0.3, 0.4) is 0 Å². The molecule has 0 saturated heterocycles. The second-order valence-electron chi connectivity index (χ2n) is 5.04. The quantitative estimate of drug-likeness (QED) is 0.653. The van der Waals surface area contributed by atoms with Gasteiger partial charge in [0.1, 0.15) is 5.69 Å². The summed E-state index contributed by atoms with van der Waals surface area (Å²) in [7, 11) is 0. The molecule has 2 heterocycles. The van der Waals surface area contributed by atoms with E-state index in [1.807, 2.05) is 0 Å². The Kier molecular flexibility index (Phi) is 5.23. The van der Waals surface area contributed by atoms with E-state index in [1.54, 1.807) is 17.7 Å². The average molecular weight is 396 g/mol. The fourth-order valence-corrected chi connectivity index (χ4v) is 3.32. The van der Waals surface area contributed by atoms with Crippen LogP contribution in [0.1, 0.15) is 16.1 Å². The number of nitrogens with zero attached hydrogens (tertiary/aromatic N) is 3. The van der Waals surface area contributed by atoms with Crippen molar-refractivity contribution in [3.63, 3.8) is 0 Å². The number of thioether (sulfide) groups is 1. The molecule has 10 heteroatoms. The van der Waals surface area contributed by atoms with Gasteiger partial charge in [0.25, 0.3) is 5.91 Å². The van der Waals surface area contributed by atoms with Crippen molar-refractivity contribution in [2.45, 2.75) is 11.1 Å². The maximum Gasteiger partial charge on any atom is 0.417 e. The minimum atomic E-state index is -4.41. The van der Waals surface area contributed by atoms with Crippen LogP contribution >= 0.6 is 23.1 Å². The summed E-state index contributed by atoms with van der Waals surface area (Å²) in [5, 5.41) is 12.0. The van der Waals surface area contributed by atoms with Crippen molar-refractivity contribution >= 4 is 34.8 Å². The van der Waals surface area contributed by atoms with E-state index in [9.17, 15) is 18.0 Å². The van der Waals surface area contributed by atoms with Gasteiger partial charge in [-0.15, -0.1) is 33.3 Å². The first-order chi connectivity index (χ1) is 12.4. The molecule has 2 aromatic heterocycles. The molecule has 3 aromatic rings. The number of thiazole rings is 1. The zero-order valence-electron chi connectivity index (χ0n) is 13.2. The Hall–Kier alpha value is -2.46. The molecule has 3 rings (SSSR count).